The van der Waals surface area contributed by atoms with Crippen LogP contribution >= 0.6 is 11.3 Å². The Labute approximate surface area is 142 Å². The van der Waals surface area contributed by atoms with Gasteiger partial charge in [0.1, 0.15) is 0 Å². The zero-order valence-corrected chi connectivity index (χ0v) is 15.2. The van der Waals surface area contributed by atoms with Gasteiger partial charge in [-0.3, -0.25) is 9.59 Å². The Morgan fingerprint density at radius 1 is 1.26 bits per heavy atom. The number of amides is 1. The van der Waals surface area contributed by atoms with Gasteiger partial charge in [-0.1, -0.05) is 20.3 Å². The van der Waals surface area contributed by atoms with E-state index in [1.807, 2.05) is 11.8 Å². The molecule has 1 amide bonds. The van der Waals surface area contributed by atoms with Crippen LogP contribution in [-0.4, -0.2) is 36.5 Å². The van der Waals surface area contributed by atoms with Crippen LogP contribution in [0.15, 0.2) is 6.07 Å². The Hall–Kier alpha value is -1.36. The van der Waals surface area contributed by atoms with E-state index in [0.717, 1.165) is 24.1 Å². The van der Waals surface area contributed by atoms with E-state index in [-0.39, 0.29) is 17.8 Å². The topological polar surface area (TPSA) is 46.6 Å². The predicted octanol–water partition coefficient (Wildman–Crippen LogP) is 3.68. The maximum Gasteiger partial charge on any atom is 0.309 e. The molecule has 0 aliphatic carbocycles. The fourth-order valence-electron chi connectivity index (χ4n) is 3.04. The Morgan fingerprint density at radius 2 is 1.96 bits per heavy atom. The average molecular weight is 337 g/mol. The van der Waals surface area contributed by atoms with Crippen molar-refractivity contribution in [1.82, 2.24) is 4.90 Å². The third kappa shape index (κ3) is 4.34. The van der Waals surface area contributed by atoms with Crippen molar-refractivity contribution in [3.8, 4) is 0 Å². The number of rotatable bonds is 6. The zero-order valence-electron chi connectivity index (χ0n) is 14.4. The lowest BCUT2D eigenvalue weighted by molar-refractivity contribution is -0.149. The van der Waals surface area contributed by atoms with Gasteiger partial charge in [-0.15, -0.1) is 11.3 Å². The minimum Gasteiger partial charge on any atom is -0.466 e. The summed E-state index contributed by atoms with van der Waals surface area (Å²) in [7, 11) is 0. The van der Waals surface area contributed by atoms with Crippen LogP contribution in [0.1, 0.15) is 60.1 Å². The smallest absolute Gasteiger partial charge is 0.309 e. The summed E-state index contributed by atoms with van der Waals surface area (Å²) >= 11 is 1.64. The van der Waals surface area contributed by atoms with Gasteiger partial charge in [-0.2, -0.15) is 0 Å². The zero-order chi connectivity index (χ0) is 16.8. The van der Waals surface area contributed by atoms with Crippen molar-refractivity contribution >= 4 is 23.2 Å². The summed E-state index contributed by atoms with van der Waals surface area (Å²) in [6.45, 7) is 7.84. The molecule has 128 valence electrons. The number of aryl methyl sites for hydroxylation is 2. The number of hydrogen-bond donors (Lipinski definition) is 0. The van der Waals surface area contributed by atoms with Crippen LogP contribution in [0.5, 0.6) is 0 Å². The molecule has 0 aromatic carbocycles. The Morgan fingerprint density at radius 3 is 2.52 bits per heavy atom. The first kappa shape index (κ1) is 18.0. The Balaban J connectivity index is 1.98. The maximum absolute atomic E-state index is 12.7. The van der Waals surface area contributed by atoms with Crippen LogP contribution in [0.2, 0.25) is 0 Å². The molecule has 1 saturated heterocycles. The molecule has 1 aromatic rings. The van der Waals surface area contributed by atoms with Crippen LogP contribution in [0.3, 0.4) is 0 Å². The minimum absolute atomic E-state index is 0.0517. The lowest BCUT2D eigenvalue weighted by atomic mass is 9.97. The lowest BCUT2D eigenvalue weighted by Crippen LogP contribution is -2.40. The normalized spacial score (nSPS) is 15.7. The number of likely N-dealkylation sites (tertiary alicyclic amines) is 1. The number of esters is 1. The highest BCUT2D eigenvalue weighted by molar-refractivity contribution is 7.14. The van der Waals surface area contributed by atoms with Crippen LogP contribution < -0.4 is 0 Å². The molecule has 0 spiro atoms. The first-order chi connectivity index (χ1) is 11.1. The largest absolute Gasteiger partial charge is 0.466 e. The van der Waals surface area contributed by atoms with E-state index in [0.29, 0.717) is 32.5 Å². The summed E-state index contributed by atoms with van der Waals surface area (Å²) in [6, 6.07) is 2.06. The van der Waals surface area contributed by atoms with Crippen molar-refractivity contribution in [2.24, 2.45) is 5.92 Å². The van der Waals surface area contributed by atoms with Gasteiger partial charge in [-0.05, 0) is 44.2 Å². The third-order valence-corrected chi connectivity index (χ3v) is 5.59. The Bertz CT molecular complexity index is 544. The molecular weight excluding hydrogens is 310 g/mol. The fourth-order valence-corrected chi connectivity index (χ4v) is 4.37. The van der Waals surface area contributed by atoms with Crippen molar-refractivity contribution in [3.63, 3.8) is 0 Å². The minimum atomic E-state index is -0.116. The van der Waals surface area contributed by atoms with Crippen LogP contribution in [0, 0.1) is 5.92 Å². The predicted molar refractivity (Wildman–Crippen MR) is 93.0 cm³/mol. The highest BCUT2D eigenvalue weighted by Gasteiger charge is 2.29. The summed E-state index contributed by atoms with van der Waals surface area (Å²) in [4.78, 5) is 28.6. The molecule has 4 nitrogen and oxygen atoms in total. The fraction of sp³-hybridized carbons (Fsp3) is 0.667. The first-order valence-corrected chi connectivity index (χ1v) is 9.49. The van der Waals surface area contributed by atoms with Crippen molar-refractivity contribution in [2.75, 3.05) is 19.7 Å². The van der Waals surface area contributed by atoms with E-state index in [1.54, 1.807) is 11.3 Å². The highest BCUT2D eigenvalue weighted by Crippen LogP contribution is 2.27. The monoisotopic (exact) mass is 337 g/mol. The third-order valence-electron chi connectivity index (χ3n) is 4.37. The number of carbonyl (C=O) groups excluding carboxylic acids is 2. The van der Waals surface area contributed by atoms with E-state index in [9.17, 15) is 9.59 Å². The van der Waals surface area contributed by atoms with E-state index in [2.05, 4.69) is 19.9 Å². The van der Waals surface area contributed by atoms with Gasteiger partial charge >= 0.3 is 5.97 Å². The van der Waals surface area contributed by atoms with E-state index in [1.165, 1.54) is 10.4 Å². The summed E-state index contributed by atoms with van der Waals surface area (Å²) in [6.07, 6.45) is 4.54. The second kappa shape index (κ2) is 8.48. The number of piperidine rings is 1. The van der Waals surface area contributed by atoms with Gasteiger partial charge in [-0.25, -0.2) is 0 Å². The molecule has 23 heavy (non-hydrogen) atoms. The molecule has 1 aromatic heterocycles. The number of nitrogens with zero attached hydrogens (tertiary/aromatic N) is 1. The van der Waals surface area contributed by atoms with E-state index in [4.69, 9.17) is 4.74 Å². The molecule has 2 heterocycles. The van der Waals surface area contributed by atoms with Crippen LogP contribution in [-0.2, 0) is 22.4 Å². The van der Waals surface area contributed by atoms with Gasteiger partial charge in [0.2, 0.25) is 0 Å². The number of ether oxygens (including phenoxy) is 1. The van der Waals surface area contributed by atoms with Crippen LogP contribution in [0.25, 0.3) is 0 Å². The van der Waals surface area contributed by atoms with Crippen LogP contribution in [0.4, 0.5) is 0 Å². The van der Waals surface area contributed by atoms with Gasteiger partial charge < -0.3 is 9.64 Å². The molecule has 2 rings (SSSR count). The average Bonchev–Trinajstić information content (AvgIpc) is 2.98. The van der Waals surface area contributed by atoms with Gasteiger partial charge in [0, 0.05) is 18.0 Å². The molecule has 0 bridgehead atoms. The molecule has 0 radical (unpaired) electrons. The summed E-state index contributed by atoms with van der Waals surface area (Å²) in [5, 5.41) is 0. The second-order valence-corrected chi connectivity index (χ2v) is 7.12. The molecule has 0 saturated carbocycles. The highest BCUT2D eigenvalue weighted by atomic mass is 32.1. The van der Waals surface area contributed by atoms with Crippen molar-refractivity contribution in [3.05, 3.63) is 21.4 Å². The van der Waals surface area contributed by atoms with Crippen molar-refractivity contribution < 1.29 is 14.3 Å². The molecule has 1 aliphatic rings. The molecular formula is C18H27NO3S. The maximum atomic E-state index is 12.7. The number of hydrogen-bond acceptors (Lipinski definition) is 4. The Kier molecular flexibility index (Phi) is 6.63. The molecule has 0 N–H and O–H groups in total. The molecule has 0 atom stereocenters. The summed E-state index contributed by atoms with van der Waals surface area (Å²) < 4.78 is 5.08. The molecule has 0 unspecified atom stereocenters. The molecule has 1 fully saturated rings. The molecule has 5 heteroatoms. The second-order valence-electron chi connectivity index (χ2n) is 5.98. The molecule has 1 aliphatic heterocycles. The summed E-state index contributed by atoms with van der Waals surface area (Å²) in [5.41, 5.74) is 1.31. The first-order valence-electron chi connectivity index (χ1n) is 8.68. The standard InChI is InChI=1S/C18H27NO3S/c1-4-7-15-13(5-2)12-16(23-15)17(20)19-10-8-14(9-11-19)18(21)22-6-3/h12,14H,4-11H2,1-3H3. The van der Waals surface area contributed by atoms with Gasteiger partial charge in [0.05, 0.1) is 17.4 Å². The summed E-state index contributed by atoms with van der Waals surface area (Å²) in [5.74, 6) is -0.0484. The van der Waals surface area contributed by atoms with Gasteiger partial charge in [0.15, 0.2) is 0 Å². The lowest BCUT2D eigenvalue weighted by Gasteiger charge is -2.30. The van der Waals surface area contributed by atoms with Crippen molar-refractivity contribution in [2.45, 2.75) is 52.9 Å². The number of thiophene rings is 1. The SMILES string of the molecule is CCCc1sc(C(=O)N2CCC(C(=O)OCC)CC2)cc1CC. The van der Waals surface area contributed by atoms with E-state index >= 15 is 0 Å². The van der Waals surface area contributed by atoms with Gasteiger partial charge in [0.25, 0.3) is 5.91 Å². The van der Waals surface area contributed by atoms with E-state index < -0.39 is 0 Å². The van der Waals surface area contributed by atoms with Crippen molar-refractivity contribution in [1.29, 1.82) is 0 Å². The number of carbonyl (C=O) groups is 2. The quantitative estimate of drug-likeness (QED) is 0.744.